The van der Waals surface area contributed by atoms with Crippen LogP contribution >= 0.6 is 0 Å². The van der Waals surface area contributed by atoms with E-state index in [0.29, 0.717) is 18.1 Å². The van der Waals surface area contributed by atoms with Crippen LogP contribution in [-0.2, 0) is 16.8 Å². The van der Waals surface area contributed by atoms with E-state index >= 15 is 0 Å². The third kappa shape index (κ3) is 3.65. The molecule has 1 aliphatic heterocycles. The third-order valence-electron chi connectivity index (χ3n) is 6.35. The number of hydrogen-bond donors (Lipinski definition) is 1. The van der Waals surface area contributed by atoms with Gasteiger partial charge in [0.05, 0.1) is 13.0 Å². The highest BCUT2D eigenvalue weighted by Gasteiger charge is 2.51. The van der Waals surface area contributed by atoms with Gasteiger partial charge in [0.25, 0.3) is 0 Å². The standard InChI is InChI=1S/C29H25N3O2/c1-34-28-24(16-9-17-31-28)21-11-8-10-20(18-21)19-25-26(33)29(32-27(25)30,22-12-4-2-5-13-22)23-14-6-3-7-15-23/h2-18,25H,19H2,1H3,(H2,30,32). The van der Waals surface area contributed by atoms with Gasteiger partial charge in [0.2, 0.25) is 5.88 Å². The molecule has 0 spiro atoms. The van der Waals surface area contributed by atoms with Crippen molar-refractivity contribution in [3.63, 3.8) is 0 Å². The Balaban J connectivity index is 1.52. The Hall–Kier alpha value is -4.25. The highest BCUT2D eigenvalue weighted by molar-refractivity contribution is 6.15. The summed E-state index contributed by atoms with van der Waals surface area (Å²) in [6, 6.07) is 31.3. The third-order valence-corrected chi connectivity index (χ3v) is 6.35. The zero-order valence-electron chi connectivity index (χ0n) is 18.9. The minimum absolute atomic E-state index is 0.00763. The number of aliphatic imine (C=N–C) groups is 1. The molecule has 34 heavy (non-hydrogen) atoms. The van der Waals surface area contributed by atoms with Gasteiger partial charge in [-0.2, -0.15) is 0 Å². The van der Waals surface area contributed by atoms with Crippen LogP contribution in [0.25, 0.3) is 11.1 Å². The van der Waals surface area contributed by atoms with Gasteiger partial charge in [-0.05, 0) is 40.8 Å². The van der Waals surface area contributed by atoms with Crippen molar-refractivity contribution in [2.24, 2.45) is 16.6 Å². The molecular weight excluding hydrogens is 422 g/mol. The molecule has 0 bridgehead atoms. The van der Waals surface area contributed by atoms with Gasteiger partial charge in [-0.1, -0.05) is 84.9 Å². The zero-order chi connectivity index (χ0) is 23.5. The quantitative estimate of drug-likeness (QED) is 0.461. The van der Waals surface area contributed by atoms with E-state index in [1.165, 1.54) is 0 Å². The lowest BCUT2D eigenvalue weighted by Gasteiger charge is -2.27. The van der Waals surface area contributed by atoms with E-state index in [1.54, 1.807) is 13.3 Å². The van der Waals surface area contributed by atoms with Crippen LogP contribution in [0.15, 0.2) is 108 Å². The van der Waals surface area contributed by atoms with Gasteiger partial charge in [0, 0.05) is 11.8 Å². The SMILES string of the molecule is COc1ncccc1-c1cccc(CC2C(=O)C(c3ccccc3)(c3ccccc3)N=C2N)c1. The van der Waals surface area contributed by atoms with Gasteiger partial charge < -0.3 is 10.5 Å². The van der Waals surface area contributed by atoms with E-state index in [-0.39, 0.29) is 5.78 Å². The number of hydrogen-bond acceptors (Lipinski definition) is 5. The number of ether oxygens (including phenoxy) is 1. The number of benzene rings is 3. The number of pyridine rings is 1. The number of methoxy groups -OCH3 is 1. The fourth-order valence-corrected chi connectivity index (χ4v) is 4.72. The van der Waals surface area contributed by atoms with E-state index < -0.39 is 11.5 Å². The van der Waals surface area contributed by atoms with Crippen LogP contribution in [0.5, 0.6) is 5.88 Å². The van der Waals surface area contributed by atoms with E-state index in [1.807, 2.05) is 91.0 Å². The summed E-state index contributed by atoms with van der Waals surface area (Å²) in [6.07, 6.45) is 2.17. The monoisotopic (exact) mass is 447 g/mol. The number of ketones is 1. The van der Waals surface area contributed by atoms with Crippen LogP contribution < -0.4 is 10.5 Å². The molecule has 2 N–H and O–H groups in total. The van der Waals surface area contributed by atoms with Crippen molar-refractivity contribution < 1.29 is 9.53 Å². The zero-order valence-corrected chi connectivity index (χ0v) is 18.9. The summed E-state index contributed by atoms with van der Waals surface area (Å²) in [6.45, 7) is 0. The second kappa shape index (κ2) is 8.94. The van der Waals surface area contributed by atoms with Crippen molar-refractivity contribution in [2.45, 2.75) is 12.0 Å². The molecule has 0 fully saturated rings. The summed E-state index contributed by atoms with van der Waals surface area (Å²) in [4.78, 5) is 23.2. The predicted molar refractivity (Wildman–Crippen MR) is 134 cm³/mol. The van der Waals surface area contributed by atoms with Crippen LogP contribution in [0, 0.1) is 5.92 Å². The molecule has 3 aromatic carbocycles. The maximum absolute atomic E-state index is 14.1. The van der Waals surface area contributed by atoms with Crippen molar-refractivity contribution in [3.05, 3.63) is 120 Å². The fraction of sp³-hybridized carbons (Fsp3) is 0.138. The summed E-state index contributed by atoms with van der Waals surface area (Å²) in [5, 5.41) is 0. The summed E-state index contributed by atoms with van der Waals surface area (Å²) in [7, 11) is 1.61. The molecule has 2 heterocycles. The largest absolute Gasteiger partial charge is 0.481 e. The molecule has 0 aliphatic carbocycles. The number of carbonyl (C=O) groups excluding carboxylic acids is 1. The second-order valence-electron chi connectivity index (χ2n) is 8.36. The molecular formula is C29H25N3O2. The number of rotatable bonds is 6. The lowest BCUT2D eigenvalue weighted by Crippen LogP contribution is -2.37. The number of carbonyl (C=O) groups is 1. The molecule has 0 saturated heterocycles. The maximum atomic E-state index is 14.1. The molecule has 5 nitrogen and oxygen atoms in total. The Morgan fingerprint density at radius 1 is 0.882 bits per heavy atom. The van der Waals surface area contributed by atoms with Gasteiger partial charge in [-0.15, -0.1) is 0 Å². The van der Waals surface area contributed by atoms with Gasteiger partial charge in [0.15, 0.2) is 11.3 Å². The lowest BCUT2D eigenvalue weighted by molar-refractivity contribution is -0.123. The summed E-state index contributed by atoms with van der Waals surface area (Å²) in [5.74, 6) is 0.394. The molecule has 0 radical (unpaired) electrons. The highest BCUT2D eigenvalue weighted by atomic mass is 16.5. The summed E-state index contributed by atoms with van der Waals surface area (Å²) >= 11 is 0. The first-order chi connectivity index (χ1) is 16.6. The average Bonchev–Trinajstić information content (AvgIpc) is 3.15. The molecule has 1 unspecified atom stereocenters. The van der Waals surface area contributed by atoms with Crippen LogP contribution in [0.3, 0.4) is 0 Å². The Kier molecular flexibility index (Phi) is 5.68. The first kappa shape index (κ1) is 21.6. The van der Waals surface area contributed by atoms with Crippen LogP contribution in [-0.4, -0.2) is 23.7 Å². The van der Waals surface area contributed by atoms with E-state index in [2.05, 4.69) is 11.1 Å². The van der Waals surface area contributed by atoms with Crippen molar-refractivity contribution in [1.82, 2.24) is 4.98 Å². The van der Waals surface area contributed by atoms with E-state index in [4.69, 9.17) is 15.5 Å². The predicted octanol–water partition coefficient (Wildman–Crippen LogP) is 4.80. The minimum atomic E-state index is -1.14. The molecule has 4 aromatic rings. The first-order valence-electron chi connectivity index (χ1n) is 11.2. The van der Waals surface area contributed by atoms with Gasteiger partial charge in [-0.25, -0.2) is 9.98 Å². The van der Waals surface area contributed by atoms with Crippen molar-refractivity contribution >= 4 is 11.6 Å². The molecule has 168 valence electrons. The van der Waals surface area contributed by atoms with Crippen molar-refractivity contribution in [2.75, 3.05) is 7.11 Å². The number of aromatic nitrogens is 1. The van der Waals surface area contributed by atoms with Crippen molar-refractivity contribution in [1.29, 1.82) is 0 Å². The number of nitrogens with zero attached hydrogens (tertiary/aromatic N) is 2. The molecule has 5 heteroatoms. The number of Topliss-reactive ketones (excluding diaryl/α,β-unsaturated/α-hetero) is 1. The normalized spacial score (nSPS) is 16.8. The van der Waals surface area contributed by atoms with Crippen molar-refractivity contribution in [3.8, 4) is 17.0 Å². The second-order valence-corrected chi connectivity index (χ2v) is 8.36. The van der Waals surface area contributed by atoms with Gasteiger partial charge in [-0.3, -0.25) is 4.79 Å². The first-order valence-corrected chi connectivity index (χ1v) is 11.2. The molecule has 1 atom stereocenters. The molecule has 0 amide bonds. The Morgan fingerprint density at radius 2 is 1.56 bits per heavy atom. The summed E-state index contributed by atoms with van der Waals surface area (Å²) in [5.41, 5.74) is 9.84. The van der Waals surface area contributed by atoms with Crippen LogP contribution in [0.4, 0.5) is 0 Å². The number of nitrogens with two attached hydrogens (primary N) is 1. The van der Waals surface area contributed by atoms with Gasteiger partial charge in [0.1, 0.15) is 5.84 Å². The molecule has 0 saturated carbocycles. The van der Waals surface area contributed by atoms with E-state index in [0.717, 1.165) is 27.8 Å². The maximum Gasteiger partial charge on any atom is 0.221 e. The molecule has 5 rings (SSSR count). The Labute approximate surface area is 199 Å². The number of amidine groups is 1. The van der Waals surface area contributed by atoms with E-state index in [9.17, 15) is 4.79 Å². The molecule has 1 aliphatic rings. The molecule has 1 aromatic heterocycles. The lowest BCUT2D eigenvalue weighted by atomic mass is 9.76. The highest BCUT2D eigenvalue weighted by Crippen LogP contribution is 2.42. The Bertz CT molecular complexity index is 1310. The van der Waals surface area contributed by atoms with Gasteiger partial charge >= 0.3 is 0 Å². The minimum Gasteiger partial charge on any atom is -0.481 e. The topological polar surface area (TPSA) is 77.6 Å². The van der Waals surface area contributed by atoms with Crippen LogP contribution in [0.1, 0.15) is 16.7 Å². The average molecular weight is 448 g/mol. The van der Waals surface area contributed by atoms with Crippen LogP contribution in [0.2, 0.25) is 0 Å². The Morgan fingerprint density at radius 3 is 2.21 bits per heavy atom. The summed E-state index contributed by atoms with van der Waals surface area (Å²) < 4.78 is 5.43. The fourth-order valence-electron chi connectivity index (χ4n) is 4.72. The smallest absolute Gasteiger partial charge is 0.221 e.